The summed E-state index contributed by atoms with van der Waals surface area (Å²) in [5.41, 5.74) is 2.04. The van der Waals surface area contributed by atoms with E-state index < -0.39 is 17.0 Å². The maximum absolute atomic E-state index is 13.0. The first-order valence-electron chi connectivity index (χ1n) is 9.74. The van der Waals surface area contributed by atoms with Gasteiger partial charge in [0.1, 0.15) is 12.7 Å². The van der Waals surface area contributed by atoms with Crippen molar-refractivity contribution in [3.05, 3.63) is 124 Å². The number of carbonyl (C=O) groups excluding carboxylic acids is 1. The lowest BCUT2D eigenvalue weighted by molar-refractivity contribution is -0.384. The van der Waals surface area contributed by atoms with Crippen molar-refractivity contribution in [1.82, 2.24) is 14.8 Å². The summed E-state index contributed by atoms with van der Waals surface area (Å²) in [5.74, 6) is -0.693. The molecule has 0 N–H and O–H groups in total. The zero-order valence-electron chi connectivity index (χ0n) is 16.8. The van der Waals surface area contributed by atoms with Crippen molar-refractivity contribution in [2.75, 3.05) is 0 Å². The third kappa shape index (κ3) is 4.76. The van der Waals surface area contributed by atoms with Gasteiger partial charge >= 0.3 is 5.97 Å². The van der Waals surface area contributed by atoms with Gasteiger partial charge in [0, 0.05) is 12.1 Å². The van der Waals surface area contributed by atoms with Gasteiger partial charge in [0.25, 0.3) is 5.69 Å². The van der Waals surface area contributed by atoms with Crippen molar-refractivity contribution < 1.29 is 14.5 Å². The van der Waals surface area contributed by atoms with Gasteiger partial charge in [-0.1, -0.05) is 66.7 Å². The summed E-state index contributed by atoms with van der Waals surface area (Å²) >= 11 is 0. The Morgan fingerprint density at radius 1 is 1.00 bits per heavy atom. The lowest BCUT2D eigenvalue weighted by atomic mass is 10.0. The Labute approximate surface area is 183 Å². The van der Waals surface area contributed by atoms with Crippen molar-refractivity contribution in [2.24, 2.45) is 0 Å². The minimum atomic E-state index is -0.843. The summed E-state index contributed by atoms with van der Waals surface area (Å²) in [4.78, 5) is 27.6. The molecular formula is C24H18N4O4. The molecule has 0 spiro atoms. The van der Waals surface area contributed by atoms with Crippen molar-refractivity contribution in [2.45, 2.75) is 6.10 Å². The lowest BCUT2D eigenvalue weighted by Crippen LogP contribution is -2.17. The molecule has 0 bridgehead atoms. The number of nitrogens with zero attached hydrogens (tertiary/aromatic N) is 4. The Kier molecular flexibility index (Phi) is 6.12. The third-order valence-corrected chi connectivity index (χ3v) is 4.69. The Hall–Kier alpha value is -4.59. The molecule has 1 aromatic heterocycles. The molecule has 8 nitrogen and oxygen atoms in total. The highest BCUT2D eigenvalue weighted by atomic mass is 16.6. The predicted molar refractivity (Wildman–Crippen MR) is 118 cm³/mol. The quantitative estimate of drug-likeness (QED) is 0.239. The van der Waals surface area contributed by atoms with Crippen LogP contribution in [0.2, 0.25) is 0 Å². The molecule has 0 fully saturated rings. The predicted octanol–water partition coefficient (Wildman–Crippen LogP) is 4.78. The highest BCUT2D eigenvalue weighted by molar-refractivity contribution is 5.91. The molecule has 0 radical (unpaired) electrons. The number of benzene rings is 3. The standard InChI is InChI=1S/C24H18N4O4/c29-24(20-12-7-13-21(15-20)28(30)31)32-23(19-10-5-2-6-11-19)22(27-17-25-16-26-27)14-18-8-3-1-4-9-18/h1-17,23H/b22-14+. The number of nitro groups is 1. The third-order valence-electron chi connectivity index (χ3n) is 4.69. The van der Waals surface area contributed by atoms with Crippen molar-refractivity contribution in [1.29, 1.82) is 0 Å². The van der Waals surface area contributed by atoms with Crippen LogP contribution in [0.1, 0.15) is 27.6 Å². The van der Waals surface area contributed by atoms with E-state index in [1.165, 1.54) is 41.6 Å². The summed E-state index contributed by atoms with van der Waals surface area (Å²) in [5, 5.41) is 15.3. The van der Waals surface area contributed by atoms with Gasteiger partial charge < -0.3 is 4.74 Å². The van der Waals surface area contributed by atoms with E-state index in [1.807, 2.05) is 66.7 Å². The van der Waals surface area contributed by atoms with Gasteiger partial charge in [0.05, 0.1) is 16.2 Å². The molecule has 0 amide bonds. The molecule has 1 heterocycles. The zero-order chi connectivity index (χ0) is 22.3. The highest BCUT2D eigenvalue weighted by Gasteiger charge is 2.25. The van der Waals surface area contributed by atoms with Crippen LogP contribution < -0.4 is 0 Å². The molecule has 32 heavy (non-hydrogen) atoms. The number of hydrogen-bond donors (Lipinski definition) is 0. The molecule has 3 aromatic carbocycles. The van der Waals surface area contributed by atoms with Gasteiger partial charge in [-0.15, -0.1) is 0 Å². The van der Waals surface area contributed by atoms with Crippen LogP contribution >= 0.6 is 0 Å². The van der Waals surface area contributed by atoms with Crippen molar-refractivity contribution in [3.63, 3.8) is 0 Å². The van der Waals surface area contributed by atoms with E-state index in [2.05, 4.69) is 10.1 Å². The van der Waals surface area contributed by atoms with E-state index in [9.17, 15) is 14.9 Å². The van der Waals surface area contributed by atoms with Crippen LogP contribution in [0, 0.1) is 10.1 Å². The summed E-state index contributed by atoms with van der Waals surface area (Å²) in [6.45, 7) is 0. The van der Waals surface area contributed by atoms with Crippen LogP contribution in [0.25, 0.3) is 11.8 Å². The van der Waals surface area contributed by atoms with Crippen LogP contribution in [-0.4, -0.2) is 25.7 Å². The van der Waals surface area contributed by atoms with Crippen LogP contribution in [0.15, 0.2) is 97.6 Å². The molecule has 1 unspecified atom stereocenters. The Bertz CT molecular complexity index is 1240. The molecule has 0 saturated carbocycles. The first-order valence-corrected chi connectivity index (χ1v) is 9.74. The van der Waals surface area contributed by atoms with E-state index in [-0.39, 0.29) is 11.3 Å². The van der Waals surface area contributed by atoms with Gasteiger partial charge in [-0.05, 0) is 23.3 Å². The van der Waals surface area contributed by atoms with Gasteiger partial charge in [-0.3, -0.25) is 10.1 Å². The van der Waals surface area contributed by atoms with E-state index in [4.69, 9.17) is 4.74 Å². The molecular weight excluding hydrogens is 408 g/mol. The van der Waals surface area contributed by atoms with E-state index in [1.54, 1.807) is 0 Å². The fourth-order valence-electron chi connectivity index (χ4n) is 3.17. The number of carbonyl (C=O) groups is 1. The largest absolute Gasteiger partial charge is 0.447 e. The number of esters is 1. The number of rotatable bonds is 7. The maximum Gasteiger partial charge on any atom is 0.339 e. The highest BCUT2D eigenvalue weighted by Crippen LogP contribution is 2.32. The molecule has 0 aliphatic heterocycles. The van der Waals surface area contributed by atoms with Gasteiger partial charge in [-0.2, -0.15) is 5.10 Å². The van der Waals surface area contributed by atoms with Gasteiger partial charge in [-0.25, -0.2) is 14.5 Å². The van der Waals surface area contributed by atoms with Gasteiger partial charge in [0.15, 0.2) is 6.10 Å². The van der Waals surface area contributed by atoms with Crippen LogP contribution in [0.4, 0.5) is 5.69 Å². The smallest absolute Gasteiger partial charge is 0.339 e. The number of ether oxygens (including phenoxy) is 1. The summed E-state index contributed by atoms with van der Waals surface area (Å²) in [7, 11) is 0. The Morgan fingerprint density at radius 3 is 2.38 bits per heavy atom. The molecule has 8 heteroatoms. The molecule has 4 rings (SSSR count). The van der Waals surface area contributed by atoms with Crippen LogP contribution in [0.3, 0.4) is 0 Å². The molecule has 4 aromatic rings. The maximum atomic E-state index is 13.0. The number of aromatic nitrogens is 3. The summed E-state index contributed by atoms with van der Waals surface area (Å²) in [6.07, 6.45) is 3.92. The van der Waals surface area contributed by atoms with E-state index >= 15 is 0 Å². The first-order chi connectivity index (χ1) is 15.6. The zero-order valence-corrected chi connectivity index (χ0v) is 16.8. The number of non-ortho nitro benzene ring substituents is 1. The van der Waals surface area contributed by atoms with E-state index in [0.717, 1.165) is 5.56 Å². The average molecular weight is 426 g/mol. The number of hydrogen-bond acceptors (Lipinski definition) is 6. The SMILES string of the molecule is O=C(OC(/C(=C\c1ccccc1)n1cncn1)c1ccccc1)c1cccc([N+](=O)[O-])c1. The second-order valence-electron chi connectivity index (χ2n) is 6.82. The topological polar surface area (TPSA) is 100 Å². The van der Waals surface area contributed by atoms with Crippen molar-refractivity contribution in [3.8, 4) is 0 Å². The minimum Gasteiger partial charge on any atom is -0.447 e. The van der Waals surface area contributed by atoms with Crippen molar-refractivity contribution >= 4 is 23.4 Å². The Morgan fingerprint density at radius 2 is 1.72 bits per heavy atom. The first kappa shape index (κ1) is 20.7. The molecule has 0 aliphatic rings. The summed E-state index contributed by atoms with van der Waals surface area (Å²) in [6, 6.07) is 24.2. The van der Waals surface area contributed by atoms with E-state index in [0.29, 0.717) is 11.3 Å². The number of nitro benzene ring substituents is 1. The van der Waals surface area contributed by atoms with Crippen LogP contribution in [0.5, 0.6) is 0 Å². The fraction of sp³-hybridized carbons (Fsp3) is 0.0417. The normalized spacial score (nSPS) is 12.2. The molecule has 158 valence electrons. The molecule has 0 saturated heterocycles. The fourth-order valence-corrected chi connectivity index (χ4v) is 3.17. The molecule has 1 atom stereocenters. The monoisotopic (exact) mass is 426 g/mol. The lowest BCUT2D eigenvalue weighted by Gasteiger charge is -2.21. The summed E-state index contributed by atoms with van der Waals surface area (Å²) < 4.78 is 7.43. The second kappa shape index (κ2) is 9.48. The van der Waals surface area contributed by atoms with Gasteiger partial charge in [0.2, 0.25) is 0 Å². The minimum absolute atomic E-state index is 0.0813. The molecule has 0 aliphatic carbocycles. The Balaban J connectivity index is 1.78. The van der Waals surface area contributed by atoms with Crippen LogP contribution in [-0.2, 0) is 4.74 Å². The second-order valence-corrected chi connectivity index (χ2v) is 6.82. The average Bonchev–Trinajstić information content (AvgIpc) is 3.37.